The van der Waals surface area contributed by atoms with Gasteiger partial charge < -0.3 is 10.6 Å². The molecule has 1 unspecified atom stereocenters. The number of alkyl halides is 3. The van der Waals surface area contributed by atoms with E-state index in [9.17, 15) is 18.0 Å². The standard InChI is InChI=1S/C16H16F3N3OS/c1-9(10-6-20-7-10)14(23)22-15-21-13(8-24-15)11-4-2-3-5-12(11)16(17,18)19/h2-5,8-10,20H,6-7H2,1H3,(H,21,22,23). The Morgan fingerprint density at radius 2 is 2.08 bits per heavy atom. The largest absolute Gasteiger partial charge is 0.417 e. The van der Waals surface area contributed by atoms with Crippen LogP contribution in [0.4, 0.5) is 18.3 Å². The highest BCUT2D eigenvalue weighted by atomic mass is 32.1. The van der Waals surface area contributed by atoms with Gasteiger partial charge in [-0.2, -0.15) is 13.2 Å². The molecule has 1 amide bonds. The van der Waals surface area contributed by atoms with E-state index in [0.717, 1.165) is 30.5 Å². The maximum Gasteiger partial charge on any atom is 0.417 e. The summed E-state index contributed by atoms with van der Waals surface area (Å²) >= 11 is 1.12. The zero-order valence-corrected chi connectivity index (χ0v) is 13.7. The molecule has 1 aromatic carbocycles. The van der Waals surface area contributed by atoms with Crippen molar-refractivity contribution in [3.05, 3.63) is 35.2 Å². The number of nitrogens with zero attached hydrogens (tertiary/aromatic N) is 1. The van der Waals surface area contributed by atoms with Gasteiger partial charge in [0, 0.05) is 16.9 Å². The van der Waals surface area contributed by atoms with Crippen molar-refractivity contribution in [1.29, 1.82) is 0 Å². The molecule has 128 valence electrons. The third-order valence-electron chi connectivity index (χ3n) is 4.18. The second-order valence-electron chi connectivity index (χ2n) is 5.78. The van der Waals surface area contributed by atoms with E-state index in [0.29, 0.717) is 5.13 Å². The lowest BCUT2D eigenvalue weighted by atomic mass is 9.88. The summed E-state index contributed by atoms with van der Waals surface area (Å²) in [5, 5.41) is 7.64. The van der Waals surface area contributed by atoms with Gasteiger partial charge in [-0.25, -0.2) is 4.98 Å². The molecule has 4 nitrogen and oxygen atoms in total. The molecule has 0 bridgehead atoms. The van der Waals surface area contributed by atoms with Crippen LogP contribution in [0.2, 0.25) is 0 Å². The number of halogens is 3. The Hall–Kier alpha value is -1.93. The summed E-state index contributed by atoms with van der Waals surface area (Å²) in [5.41, 5.74) is -0.513. The smallest absolute Gasteiger partial charge is 0.316 e. The number of aromatic nitrogens is 1. The molecular formula is C16H16F3N3OS. The van der Waals surface area contributed by atoms with Gasteiger partial charge in [-0.15, -0.1) is 11.3 Å². The molecule has 24 heavy (non-hydrogen) atoms. The van der Waals surface area contributed by atoms with Gasteiger partial charge in [-0.1, -0.05) is 25.1 Å². The van der Waals surface area contributed by atoms with Gasteiger partial charge in [0.2, 0.25) is 5.91 Å². The molecule has 2 aromatic rings. The highest BCUT2D eigenvalue weighted by molar-refractivity contribution is 7.14. The molecule has 3 rings (SSSR count). The Kier molecular flexibility index (Phi) is 4.60. The molecule has 1 saturated heterocycles. The Morgan fingerprint density at radius 3 is 2.71 bits per heavy atom. The molecule has 0 radical (unpaired) electrons. The number of nitrogens with one attached hydrogen (secondary N) is 2. The maximum atomic E-state index is 13.1. The number of amides is 1. The van der Waals surface area contributed by atoms with E-state index in [2.05, 4.69) is 15.6 Å². The molecule has 2 N–H and O–H groups in total. The first kappa shape index (κ1) is 16.9. The van der Waals surface area contributed by atoms with Crippen LogP contribution < -0.4 is 10.6 Å². The minimum atomic E-state index is -4.45. The van der Waals surface area contributed by atoms with Crippen LogP contribution in [-0.2, 0) is 11.0 Å². The van der Waals surface area contributed by atoms with Crippen LogP contribution in [0.15, 0.2) is 29.6 Å². The van der Waals surface area contributed by atoms with E-state index in [1.54, 1.807) is 0 Å². The van der Waals surface area contributed by atoms with E-state index in [1.807, 2.05) is 6.92 Å². The summed E-state index contributed by atoms with van der Waals surface area (Å²) in [6, 6.07) is 5.29. The van der Waals surface area contributed by atoms with Crippen LogP contribution >= 0.6 is 11.3 Å². The van der Waals surface area contributed by atoms with Gasteiger partial charge >= 0.3 is 6.18 Å². The van der Waals surface area contributed by atoms with Crippen LogP contribution in [0.1, 0.15) is 12.5 Å². The van der Waals surface area contributed by atoms with Crippen LogP contribution in [-0.4, -0.2) is 24.0 Å². The first-order chi connectivity index (χ1) is 11.4. The molecule has 1 aliphatic heterocycles. The van der Waals surface area contributed by atoms with E-state index < -0.39 is 11.7 Å². The molecule has 0 spiro atoms. The van der Waals surface area contributed by atoms with Crippen molar-refractivity contribution in [1.82, 2.24) is 10.3 Å². The summed E-state index contributed by atoms with van der Waals surface area (Å²) in [6.45, 7) is 3.45. The van der Waals surface area contributed by atoms with Gasteiger partial charge in [0.15, 0.2) is 5.13 Å². The summed E-state index contributed by atoms with van der Waals surface area (Å²) in [4.78, 5) is 16.3. The van der Waals surface area contributed by atoms with E-state index >= 15 is 0 Å². The lowest BCUT2D eigenvalue weighted by Gasteiger charge is -2.31. The topological polar surface area (TPSA) is 54.0 Å². The number of carbonyl (C=O) groups is 1. The average molecular weight is 355 g/mol. The van der Waals surface area contributed by atoms with Crippen molar-refractivity contribution in [3.63, 3.8) is 0 Å². The Bertz CT molecular complexity index is 740. The lowest BCUT2D eigenvalue weighted by Crippen LogP contribution is -2.48. The van der Waals surface area contributed by atoms with Crippen molar-refractivity contribution in [2.24, 2.45) is 11.8 Å². The highest BCUT2D eigenvalue weighted by Gasteiger charge is 2.34. The predicted octanol–water partition coefficient (Wildman–Crippen LogP) is 3.62. The van der Waals surface area contributed by atoms with Gasteiger partial charge in [0.25, 0.3) is 0 Å². The first-order valence-corrected chi connectivity index (χ1v) is 8.38. The van der Waals surface area contributed by atoms with Crippen LogP contribution in [0, 0.1) is 11.8 Å². The zero-order valence-electron chi connectivity index (χ0n) is 12.9. The van der Waals surface area contributed by atoms with E-state index in [4.69, 9.17) is 0 Å². The quantitative estimate of drug-likeness (QED) is 0.881. The molecule has 0 aliphatic carbocycles. The second-order valence-corrected chi connectivity index (χ2v) is 6.64. The van der Waals surface area contributed by atoms with Crippen molar-refractivity contribution < 1.29 is 18.0 Å². The molecule has 1 atom stereocenters. The molecule has 2 heterocycles. The fourth-order valence-electron chi connectivity index (χ4n) is 2.51. The van der Waals surface area contributed by atoms with Crippen molar-refractivity contribution >= 4 is 22.4 Å². The number of carbonyl (C=O) groups excluding carboxylic acids is 1. The zero-order chi connectivity index (χ0) is 17.3. The minimum absolute atomic E-state index is 0.0120. The van der Waals surface area contributed by atoms with Gasteiger partial charge in [0.05, 0.1) is 11.3 Å². The van der Waals surface area contributed by atoms with E-state index in [1.165, 1.54) is 23.6 Å². The Balaban J connectivity index is 1.78. The third kappa shape index (κ3) is 3.44. The SMILES string of the molecule is CC(C(=O)Nc1nc(-c2ccccc2C(F)(F)F)cs1)C1CNC1. The number of rotatable bonds is 4. The number of hydrogen-bond donors (Lipinski definition) is 2. The molecule has 1 aliphatic rings. The molecular weight excluding hydrogens is 339 g/mol. The lowest BCUT2D eigenvalue weighted by molar-refractivity contribution is -0.137. The van der Waals surface area contributed by atoms with Crippen molar-refractivity contribution in [2.45, 2.75) is 13.1 Å². The van der Waals surface area contributed by atoms with Gasteiger partial charge in [-0.3, -0.25) is 4.79 Å². The summed E-state index contributed by atoms with van der Waals surface area (Å²) in [6.07, 6.45) is -4.45. The third-order valence-corrected chi connectivity index (χ3v) is 4.93. The molecule has 8 heteroatoms. The Labute approximate surface area is 141 Å². The average Bonchev–Trinajstić information content (AvgIpc) is 2.93. The number of hydrogen-bond acceptors (Lipinski definition) is 4. The van der Waals surface area contributed by atoms with Crippen molar-refractivity contribution in [2.75, 3.05) is 18.4 Å². The summed E-state index contributed by atoms with van der Waals surface area (Å²) < 4.78 is 39.3. The monoisotopic (exact) mass is 355 g/mol. The minimum Gasteiger partial charge on any atom is -0.316 e. The predicted molar refractivity (Wildman–Crippen MR) is 86.7 cm³/mol. The van der Waals surface area contributed by atoms with Crippen LogP contribution in [0.25, 0.3) is 11.3 Å². The second kappa shape index (κ2) is 6.52. The molecule has 1 aromatic heterocycles. The van der Waals surface area contributed by atoms with Crippen LogP contribution in [0.5, 0.6) is 0 Å². The van der Waals surface area contributed by atoms with Crippen LogP contribution in [0.3, 0.4) is 0 Å². The van der Waals surface area contributed by atoms with Gasteiger partial charge in [0.1, 0.15) is 0 Å². The number of anilines is 1. The van der Waals surface area contributed by atoms with Crippen molar-refractivity contribution in [3.8, 4) is 11.3 Å². The number of benzene rings is 1. The maximum absolute atomic E-state index is 13.1. The molecule has 1 fully saturated rings. The normalized spacial score (nSPS) is 16.5. The summed E-state index contributed by atoms with van der Waals surface area (Å²) in [5.74, 6) is -0.0389. The summed E-state index contributed by atoms with van der Waals surface area (Å²) in [7, 11) is 0. The van der Waals surface area contributed by atoms with Gasteiger partial charge in [-0.05, 0) is 25.1 Å². The Morgan fingerprint density at radius 1 is 1.38 bits per heavy atom. The fourth-order valence-corrected chi connectivity index (χ4v) is 3.22. The fraction of sp³-hybridized carbons (Fsp3) is 0.375. The first-order valence-electron chi connectivity index (χ1n) is 7.50. The number of thiazole rings is 1. The van der Waals surface area contributed by atoms with E-state index in [-0.39, 0.29) is 29.0 Å². The molecule has 0 saturated carbocycles. The highest BCUT2D eigenvalue weighted by Crippen LogP contribution is 2.37.